The van der Waals surface area contributed by atoms with Gasteiger partial charge in [-0.05, 0) is 18.4 Å². The second-order valence-electron chi connectivity index (χ2n) is 4.57. The van der Waals surface area contributed by atoms with Crippen molar-refractivity contribution in [1.29, 1.82) is 0 Å². The van der Waals surface area contributed by atoms with Crippen LogP contribution in [0.2, 0.25) is 0 Å². The Labute approximate surface area is 113 Å². The van der Waals surface area contributed by atoms with E-state index in [1.807, 2.05) is 36.4 Å². The van der Waals surface area contributed by atoms with Crippen molar-refractivity contribution in [3.05, 3.63) is 48.6 Å². The Morgan fingerprint density at radius 3 is 3.00 bits per heavy atom. The predicted octanol–water partition coefficient (Wildman–Crippen LogP) is 2.85. The summed E-state index contributed by atoms with van der Waals surface area (Å²) in [6.07, 6.45) is 2.92. The Morgan fingerprint density at radius 1 is 1.47 bits per heavy atom. The van der Waals surface area contributed by atoms with Crippen LogP contribution in [0.5, 0.6) is 0 Å². The zero-order chi connectivity index (χ0) is 13.5. The number of carbonyl (C=O) groups excluding carboxylic acids is 1. The molecule has 0 saturated carbocycles. The molecule has 1 aliphatic heterocycles. The highest BCUT2D eigenvalue weighted by atomic mass is 16.6. The van der Waals surface area contributed by atoms with Gasteiger partial charge in [-0.25, -0.2) is 4.79 Å². The summed E-state index contributed by atoms with van der Waals surface area (Å²) in [5.41, 5.74) is 0.965. The molecule has 0 spiro atoms. The van der Waals surface area contributed by atoms with Gasteiger partial charge in [0, 0.05) is 12.5 Å². The summed E-state index contributed by atoms with van der Waals surface area (Å²) in [7, 11) is 0. The summed E-state index contributed by atoms with van der Waals surface area (Å²) in [5.74, 6) is 0.293. The summed E-state index contributed by atoms with van der Waals surface area (Å²) in [4.78, 5) is 11.7. The molecule has 1 amide bonds. The Bertz CT molecular complexity index is 419. The van der Waals surface area contributed by atoms with E-state index < -0.39 is 6.09 Å². The zero-order valence-corrected chi connectivity index (χ0v) is 10.9. The number of allylic oxidation sites excluding steroid dienone is 1. The van der Waals surface area contributed by atoms with E-state index in [-0.39, 0.29) is 12.8 Å². The molecule has 19 heavy (non-hydrogen) atoms. The van der Waals surface area contributed by atoms with Gasteiger partial charge < -0.3 is 9.47 Å². The van der Waals surface area contributed by atoms with Crippen LogP contribution in [0.3, 0.4) is 0 Å². The lowest BCUT2D eigenvalue weighted by atomic mass is 10.0. The van der Waals surface area contributed by atoms with Crippen LogP contribution in [0.1, 0.15) is 18.4 Å². The average Bonchev–Trinajstić information content (AvgIpc) is 2.85. The van der Waals surface area contributed by atoms with Crippen LogP contribution >= 0.6 is 0 Å². The van der Waals surface area contributed by atoms with Crippen molar-refractivity contribution in [2.45, 2.75) is 25.7 Å². The van der Waals surface area contributed by atoms with Gasteiger partial charge >= 0.3 is 6.09 Å². The molecule has 2 unspecified atom stereocenters. The maximum absolute atomic E-state index is 11.7. The summed E-state index contributed by atoms with van der Waals surface area (Å²) >= 11 is 0. The van der Waals surface area contributed by atoms with Gasteiger partial charge in [0.2, 0.25) is 0 Å². The summed E-state index contributed by atoms with van der Waals surface area (Å²) < 4.78 is 10.6. The third-order valence-electron chi connectivity index (χ3n) is 3.16. The van der Waals surface area contributed by atoms with Gasteiger partial charge in [0.15, 0.2) is 0 Å². The van der Waals surface area contributed by atoms with Crippen LogP contribution in [0, 0.1) is 5.92 Å². The molecule has 1 heterocycles. The maximum Gasteiger partial charge on any atom is 0.409 e. The molecule has 0 aliphatic carbocycles. The molecular formula is C15H19NO3. The zero-order valence-electron chi connectivity index (χ0n) is 10.9. The number of benzene rings is 1. The van der Waals surface area contributed by atoms with Crippen molar-refractivity contribution in [3.63, 3.8) is 0 Å². The SMILES string of the molecule is C=CCC1CCOC1NC(=O)OCc1ccccc1. The largest absolute Gasteiger partial charge is 0.445 e. The second-order valence-corrected chi connectivity index (χ2v) is 4.57. The lowest BCUT2D eigenvalue weighted by Gasteiger charge is -2.18. The lowest BCUT2D eigenvalue weighted by molar-refractivity contribution is 0.0518. The molecule has 4 heteroatoms. The summed E-state index contributed by atoms with van der Waals surface area (Å²) in [5, 5.41) is 2.75. The fourth-order valence-corrected chi connectivity index (χ4v) is 2.13. The molecule has 1 aromatic rings. The number of carbonyl (C=O) groups is 1. The topological polar surface area (TPSA) is 47.6 Å². The molecule has 1 saturated heterocycles. The molecule has 0 aromatic heterocycles. The molecule has 1 fully saturated rings. The van der Waals surface area contributed by atoms with Crippen LogP contribution in [0.4, 0.5) is 4.79 Å². The highest BCUT2D eigenvalue weighted by Gasteiger charge is 2.28. The van der Waals surface area contributed by atoms with E-state index in [2.05, 4.69) is 11.9 Å². The van der Waals surface area contributed by atoms with Crippen molar-refractivity contribution in [2.75, 3.05) is 6.61 Å². The van der Waals surface area contributed by atoms with Crippen LogP contribution in [-0.4, -0.2) is 18.9 Å². The van der Waals surface area contributed by atoms with E-state index in [9.17, 15) is 4.79 Å². The number of amides is 1. The van der Waals surface area contributed by atoms with E-state index >= 15 is 0 Å². The number of hydrogen-bond acceptors (Lipinski definition) is 3. The van der Waals surface area contributed by atoms with Gasteiger partial charge in [-0.1, -0.05) is 36.4 Å². The molecule has 1 aromatic carbocycles. The van der Waals surface area contributed by atoms with Crippen LogP contribution in [0.15, 0.2) is 43.0 Å². The monoisotopic (exact) mass is 261 g/mol. The Hall–Kier alpha value is -1.81. The molecule has 1 aliphatic rings. The van der Waals surface area contributed by atoms with E-state index in [1.165, 1.54) is 0 Å². The first-order chi connectivity index (χ1) is 9.29. The predicted molar refractivity (Wildman–Crippen MR) is 72.4 cm³/mol. The first kappa shape index (κ1) is 13.6. The molecule has 102 valence electrons. The quantitative estimate of drug-likeness (QED) is 0.829. The standard InChI is InChI=1S/C15H19NO3/c1-2-6-13-9-10-18-14(13)16-15(17)19-11-12-7-4-3-5-8-12/h2-5,7-8,13-14H,1,6,9-11H2,(H,16,17). The molecule has 2 atom stereocenters. The van der Waals surface area contributed by atoms with Gasteiger partial charge in [-0.3, -0.25) is 5.32 Å². The number of alkyl carbamates (subject to hydrolysis) is 1. The van der Waals surface area contributed by atoms with Gasteiger partial charge in [-0.2, -0.15) is 0 Å². The highest BCUT2D eigenvalue weighted by Crippen LogP contribution is 2.22. The average molecular weight is 261 g/mol. The van der Waals surface area contributed by atoms with Crippen molar-refractivity contribution in [2.24, 2.45) is 5.92 Å². The molecule has 4 nitrogen and oxygen atoms in total. The molecule has 0 bridgehead atoms. The van der Waals surface area contributed by atoms with Crippen molar-refractivity contribution in [1.82, 2.24) is 5.32 Å². The number of ether oxygens (including phenoxy) is 2. The first-order valence-electron chi connectivity index (χ1n) is 6.49. The minimum Gasteiger partial charge on any atom is -0.445 e. The van der Waals surface area contributed by atoms with E-state index in [1.54, 1.807) is 0 Å². The van der Waals surface area contributed by atoms with Crippen LogP contribution in [0.25, 0.3) is 0 Å². The Morgan fingerprint density at radius 2 is 2.26 bits per heavy atom. The van der Waals surface area contributed by atoms with Crippen molar-refractivity contribution in [3.8, 4) is 0 Å². The maximum atomic E-state index is 11.7. The fourth-order valence-electron chi connectivity index (χ4n) is 2.13. The Kier molecular flexibility index (Phi) is 4.98. The minimum atomic E-state index is -0.440. The number of hydrogen-bond donors (Lipinski definition) is 1. The Balaban J connectivity index is 1.76. The van der Waals surface area contributed by atoms with Gasteiger partial charge in [-0.15, -0.1) is 6.58 Å². The normalized spacial score (nSPS) is 21.9. The smallest absolute Gasteiger partial charge is 0.409 e. The summed E-state index contributed by atoms with van der Waals surface area (Å²) in [6.45, 7) is 4.65. The molecule has 1 N–H and O–H groups in total. The second kappa shape index (κ2) is 6.95. The van der Waals surface area contributed by atoms with E-state index in [4.69, 9.17) is 9.47 Å². The van der Waals surface area contributed by atoms with Crippen molar-refractivity contribution < 1.29 is 14.3 Å². The highest BCUT2D eigenvalue weighted by molar-refractivity contribution is 5.67. The third-order valence-corrected chi connectivity index (χ3v) is 3.16. The van der Waals surface area contributed by atoms with Gasteiger partial charge in [0.25, 0.3) is 0 Å². The first-order valence-corrected chi connectivity index (χ1v) is 6.49. The summed E-state index contributed by atoms with van der Waals surface area (Å²) in [6, 6.07) is 9.59. The molecular weight excluding hydrogens is 242 g/mol. The van der Waals surface area contributed by atoms with Crippen molar-refractivity contribution >= 4 is 6.09 Å². The van der Waals surface area contributed by atoms with Crippen LogP contribution < -0.4 is 5.32 Å². The number of rotatable bonds is 5. The fraction of sp³-hybridized carbons (Fsp3) is 0.400. The molecule has 2 rings (SSSR count). The van der Waals surface area contributed by atoms with Crippen LogP contribution in [-0.2, 0) is 16.1 Å². The minimum absolute atomic E-state index is 0.263. The van der Waals surface area contributed by atoms with Gasteiger partial charge in [0.05, 0.1) is 0 Å². The lowest BCUT2D eigenvalue weighted by Crippen LogP contribution is -2.38. The van der Waals surface area contributed by atoms with E-state index in [0.717, 1.165) is 18.4 Å². The van der Waals surface area contributed by atoms with E-state index in [0.29, 0.717) is 12.5 Å². The third kappa shape index (κ3) is 4.10. The van der Waals surface area contributed by atoms with Gasteiger partial charge in [0.1, 0.15) is 12.8 Å². The number of nitrogens with one attached hydrogen (secondary N) is 1. The molecule has 0 radical (unpaired) electrons.